The summed E-state index contributed by atoms with van der Waals surface area (Å²) in [5.74, 6) is -0.544. The average Bonchev–Trinajstić information content (AvgIpc) is 2.30. The molecule has 0 aliphatic rings. The summed E-state index contributed by atoms with van der Waals surface area (Å²) >= 11 is 10.9. The van der Waals surface area contributed by atoms with E-state index in [0.717, 1.165) is 6.07 Å². The molecule has 0 atom stereocenters. The number of aromatic nitrogens is 1. The fourth-order valence-corrected chi connectivity index (χ4v) is 1.23. The minimum absolute atomic E-state index is 0.00691. The zero-order valence-corrected chi connectivity index (χ0v) is 7.16. The molecule has 2 aromatic rings. The highest BCUT2D eigenvalue weighted by atomic mass is 35.5. The molecule has 0 saturated carbocycles. The molecular formula is C7H2Cl2FNO. The summed E-state index contributed by atoms with van der Waals surface area (Å²) in [4.78, 5) is 3.76. The van der Waals surface area contributed by atoms with Crippen molar-refractivity contribution in [2.75, 3.05) is 0 Å². The number of hydrogen-bond acceptors (Lipinski definition) is 2. The van der Waals surface area contributed by atoms with E-state index in [9.17, 15) is 4.39 Å². The number of oxazole rings is 1. The normalized spacial score (nSPS) is 10.9. The Balaban J connectivity index is 2.83. The molecule has 0 fully saturated rings. The Kier molecular flexibility index (Phi) is 1.70. The van der Waals surface area contributed by atoms with Gasteiger partial charge in [-0.1, -0.05) is 11.6 Å². The summed E-state index contributed by atoms with van der Waals surface area (Å²) in [6, 6.07) is 2.51. The van der Waals surface area contributed by atoms with Gasteiger partial charge in [0, 0.05) is 6.07 Å². The van der Waals surface area contributed by atoms with Crippen molar-refractivity contribution in [3.05, 3.63) is 28.3 Å². The van der Waals surface area contributed by atoms with Crippen LogP contribution in [0.5, 0.6) is 0 Å². The fraction of sp³-hybridized carbons (Fsp3) is 0. The molecule has 62 valence electrons. The molecule has 0 N–H and O–H groups in total. The van der Waals surface area contributed by atoms with Gasteiger partial charge in [0.1, 0.15) is 11.3 Å². The Labute approximate surface area is 76.9 Å². The summed E-state index contributed by atoms with van der Waals surface area (Å²) in [7, 11) is 0. The summed E-state index contributed by atoms with van der Waals surface area (Å²) in [5.41, 5.74) is 0.744. The van der Waals surface area contributed by atoms with Crippen LogP contribution in [0.1, 0.15) is 0 Å². The first-order valence-electron chi connectivity index (χ1n) is 3.08. The first-order valence-corrected chi connectivity index (χ1v) is 3.83. The van der Waals surface area contributed by atoms with Crippen LogP contribution >= 0.6 is 23.2 Å². The lowest BCUT2D eigenvalue weighted by Gasteiger charge is -1.90. The Morgan fingerprint density at radius 2 is 2.08 bits per heavy atom. The Bertz CT molecular complexity index is 401. The van der Waals surface area contributed by atoms with Gasteiger partial charge in [0.05, 0.1) is 5.02 Å². The topological polar surface area (TPSA) is 26.0 Å². The summed E-state index contributed by atoms with van der Waals surface area (Å²) in [5, 5.41) is -0.0147. The third kappa shape index (κ3) is 1.15. The first kappa shape index (κ1) is 7.83. The number of halogens is 3. The average molecular weight is 206 g/mol. The molecule has 0 unspecified atom stereocenters. The molecule has 1 aromatic carbocycles. The van der Waals surface area contributed by atoms with E-state index in [1.54, 1.807) is 0 Å². The molecule has 0 radical (unpaired) electrons. The fourth-order valence-electron chi connectivity index (χ4n) is 0.895. The van der Waals surface area contributed by atoms with Gasteiger partial charge in [0.15, 0.2) is 5.58 Å². The molecule has 5 heteroatoms. The lowest BCUT2D eigenvalue weighted by molar-refractivity contribution is 0.592. The maximum Gasteiger partial charge on any atom is 0.293 e. The Hall–Kier alpha value is -0.800. The number of hydrogen-bond donors (Lipinski definition) is 0. The molecule has 0 aliphatic carbocycles. The van der Waals surface area contributed by atoms with Crippen LogP contribution < -0.4 is 0 Å². The van der Waals surface area contributed by atoms with Gasteiger partial charge in [-0.05, 0) is 17.7 Å². The van der Waals surface area contributed by atoms with Crippen LogP contribution in [0.4, 0.5) is 4.39 Å². The number of benzene rings is 1. The quantitative estimate of drug-likeness (QED) is 0.660. The SMILES string of the molecule is Fc1cc2oc(Cl)nc2cc1Cl. The molecular weight excluding hydrogens is 204 g/mol. The molecule has 0 saturated heterocycles. The van der Waals surface area contributed by atoms with Crippen LogP contribution in [-0.4, -0.2) is 4.98 Å². The third-order valence-corrected chi connectivity index (χ3v) is 1.86. The molecule has 2 rings (SSSR count). The van der Waals surface area contributed by atoms with Crippen molar-refractivity contribution in [3.63, 3.8) is 0 Å². The minimum atomic E-state index is -0.544. The van der Waals surface area contributed by atoms with Crippen LogP contribution in [0.15, 0.2) is 16.5 Å². The van der Waals surface area contributed by atoms with Gasteiger partial charge < -0.3 is 4.42 Å². The monoisotopic (exact) mass is 205 g/mol. The van der Waals surface area contributed by atoms with Crippen LogP contribution in [0, 0.1) is 5.82 Å². The van der Waals surface area contributed by atoms with Crippen molar-refractivity contribution in [1.82, 2.24) is 4.98 Å². The van der Waals surface area contributed by atoms with E-state index < -0.39 is 5.82 Å². The molecule has 1 heterocycles. The smallest absolute Gasteiger partial charge is 0.293 e. The van der Waals surface area contributed by atoms with E-state index in [0.29, 0.717) is 11.1 Å². The van der Waals surface area contributed by atoms with Gasteiger partial charge >= 0.3 is 0 Å². The number of fused-ring (bicyclic) bond motifs is 1. The zero-order chi connectivity index (χ0) is 8.72. The predicted molar refractivity (Wildman–Crippen MR) is 44.0 cm³/mol. The molecule has 0 bridgehead atoms. The van der Waals surface area contributed by atoms with E-state index in [1.807, 2.05) is 0 Å². The third-order valence-electron chi connectivity index (χ3n) is 1.40. The second kappa shape index (κ2) is 2.61. The predicted octanol–water partition coefficient (Wildman–Crippen LogP) is 3.27. The maximum atomic E-state index is 12.8. The lowest BCUT2D eigenvalue weighted by atomic mass is 10.3. The first-order chi connectivity index (χ1) is 5.66. The molecule has 12 heavy (non-hydrogen) atoms. The minimum Gasteiger partial charge on any atom is -0.427 e. The van der Waals surface area contributed by atoms with Gasteiger partial charge in [-0.3, -0.25) is 0 Å². The lowest BCUT2D eigenvalue weighted by Crippen LogP contribution is -1.75. The van der Waals surface area contributed by atoms with Crippen molar-refractivity contribution < 1.29 is 8.81 Å². The van der Waals surface area contributed by atoms with Crippen molar-refractivity contribution in [2.45, 2.75) is 0 Å². The van der Waals surface area contributed by atoms with Gasteiger partial charge in [-0.2, -0.15) is 4.98 Å². The standard InChI is InChI=1S/C7H2Cl2FNO/c8-3-1-5-6(2-4(3)10)12-7(9)11-5/h1-2H. The second-order valence-electron chi connectivity index (χ2n) is 2.20. The molecule has 1 aromatic heterocycles. The van der Waals surface area contributed by atoms with Crippen LogP contribution in [0.25, 0.3) is 11.1 Å². The number of nitrogens with zero attached hydrogens (tertiary/aromatic N) is 1. The molecule has 0 aliphatic heterocycles. The van der Waals surface area contributed by atoms with Gasteiger partial charge in [-0.15, -0.1) is 0 Å². The van der Waals surface area contributed by atoms with Crippen LogP contribution in [-0.2, 0) is 0 Å². The van der Waals surface area contributed by atoms with E-state index >= 15 is 0 Å². The summed E-state index contributed by atoms with van der Waals surface area (Å²) < 4.78 is 17.7. The van der Waals surface area contributed by atoms with E-state index in [2.05, 4.69) is 4.98 Å². The van der Waals surface area contributed by atoms with Gasteiger partial charge in [-0.25, -0.2) is 4.39 Å². The van der Waals surface area contributed by atoms with Gasteiger partial charge in [0.25, 0.3) is 5.35 Å². The van der Waals surface area contributed by atoms with Crippen LogP contribution in [0.2, 0.25) is 10.4 Å². The van der Waals surface area contributed by atoms with E-state index in [1.165, 1.54) is 6.07 Å². The van der Waals surface area contributed by atoms with E-state index in [-0.39, 0.29) is 10.4 Å². The van der Waals surface area contributed by atoms with Crippen LogP contribution in [0.3, 0.4) is 0 Å². The second-order valence-corrected chi connectivity index (χ2v) is 2.93. The molecule has 0 spiro atoms. The summed E-state index contributed by atoms with van der Waals surface area (Å²) in [6.45, 7) is 0. The van der Waals surface area contributed by atoms with Crippen molar-refractivity contribution in [1.29, 1.82) is 0 Å². The Morgan fingerprint density at radius 3 is 2.83 bits per heavy atom. The van der Waals surface area contributed by atoms with E-state index in [4.69, 9.17) is 27.6 Å². The van der Waals surface area contributed by atoms with Crippen molar-refractivity contribution in [3.8, 4) is 0 Å². The largest absolute Gasteiger partial charge is 0.427 e. The molecule has 0 amide bonds. The van der Waals surface area contributed by atoms with Gasteiger partial charge in [0.2, 0.25) is 0 Å². The highest BCUT2D eigenvalue weighted by molar-refractivity contribution is 6.31. The van der Waals surface area contributed by atoms with Crippen molar-refractivity contribution >= 4 is 34.3 Å². The highest BCUT2D eigenvalue weighted by Crippen LogP contribution is 2.24. The maximum absolute atomic E-state index is 12.8. The Morgan fingerprint density at radius 1 is 1.33 bits per heavy atom. The van der Waals surface area contributed by atoms with Crippen molar-refractivity contribution in [2.24, 2.45) is 0 Å². The molecule has 2 nitrogen and oxygen atoms in total. The zero-order valence-electron chi connectivity index (χ0n) is 5.64. The summed E-state index contributed by atoms with van der Waals surface area (Å²) in [6.07, 6.45) is 0. The number of rotatable bonds is 0. The highest BCUT2D eigenvalue weighted by Gasteiger charge is 2.07.